The number of fused-ring (bicyclic) bond motifs is 1. The predicted molar refractivity (Wildman–Crippen MR) is 101 cm³/mol. The molecule has 0 fully saturated rings. The molecule has 5 heteroatoms. The molecule has 2 aromatic rings. The second kappa shape index (κ2) is 8.52. The minimum atomic E-state index is -0.320. The molecule has 5 nitrogen and oxygen atoms in total. The van der Waals surface area contributed by atoms with E-state index in [1.807, 2.05) is 29.2 Å². The van der Waals surface area contributed by atoms with Gasteiger partial charge in [0.05, 0.1) is 12.2 Å². The number of nitrogens with one attached hydrogen (secondary N) is 1. The summed E-state index contributed by atoms with van der Waals surface area (Å²) in [5.41, 5.74) is 4.00. The monoisotopic (exact) mass is 352 g/mol. The summed E-state index contributed by atoms with van der Waals surface area (Å²) in [6.07, 6.45) is 1.37. The van der Waals surface area contributed by atoms with E-state index in [1.165, 1.54) is 11.1 Å². The summed E-state index contributed by atoms with van der Waals surface area (Å²) in [6, 6.07) is 15.4. The van der Waals surface area contributed by atoms with Gasteiger partial charge in [-0.3, -0.25) is 4.79 Å². The molecule has 1 heterocycles. The molecule has 136 valence electrons. The van der Waals surface area contributed by atoms with E-state index < -0.39 is 0 Å². The third kappa shape index (κ3) is 4.42. The maximum absolute atomic E-state index is 12.4. The van der Waals surface area contributed by atoms with Gasteiger partial charge in [-0.1, -0.05) is 24.3 Å². The molecule has 1 aliphatic heterocycles. The van der Waals surface area contributed by atoms with Gasteiger partial charge in [0.2, 0.25) is 5.91 Å². The van der Waals surface area contributed by atoms with Gasteiger partial charge in [-0.25, -0.2) is 4.79 Å². The summed E-state index contributed by atoms with van der Waals surface area (Å²) in [7, 11) is 0. The molecule has 0 spiro atoms. The van der Waals surface area contributed by atoms with Crippen LogP contribution < -0.4 is 5.32 Å². The molecule has 0 atom stereocenters. The normalized spacial score (nSPS) is 13.0. The van der Waals surface area contributed by atoms with Crippen molar-refractivity contribution in [2.75, 3.05) is 25.0 Å². The molecule has 1 aliphatic rings. The van der Waals surface area contributed by atoms with Gasteiger partial charge in [0.1, 0.15) is 0 Å². The zero-order chi connectivity index (χ0) is 18.4. The number of benzene rings is 2. The van der Waals surface area contributed by atoms with E-state index in [0.29, 0.717) is 31.7 Å². The summed E-state index contributed by atoms with van der Waals surface area (Å²) < 4.78 is 4.96. The van der Waals surface area contributed by atoms with Crippen LogP contribution in [0.2, 0.25) is 0 Å². The van der Waals surface area contributed by atoms with Crippen molar-refractivity contribution < 1.29 is 14.3 Å². The molecule has 1 amide bonds. The Balaban J connectivity index is 1.46. The zero-order valence-corrected chi connectivity index (χ0v) is 15.0. The highest BCUT2D eigenvalue weighted by Gasteiger charge is 2.19. The minimum Gasteiger partial charge on any atom is -0.462 e. The average Bonchev–Trinajstić information content (AvgIpc) is 2.68. The fraction of sp³-hybridized carbons (Fsp3) is 0.333. The first-order valence-electron chi connectivity index (χ1n) is 9.03. The average molecular weight is 352 g/mol. The van der Waals surface area contributed by atoms with E-state index in [2.05, 4.69) is 17.4 Å². The first kappa shape index (κ1) is 18.0. The molecule has 0 aromatic heterocycles. The maximum atomic E-state index is 12.4. The molecule has 0 saturated carbocycles. The van der Waals surface area contributed by atoms with E-state index in [4.69, 9.17) is 4.74 Å². The third-order valence-electron chi connectivity index (χ3n) is 4.55. The Kier molecular flexibility index (Phi) is 5.89. The van der Waals surface area contributed by atoms with Crippen molar-refractivity contribution in [2.24, 2.45) is 0 Å². The van der Waals surface area contributed by atoms with Crippen LogP contribution in [0.4, 0.5) is 5.69 Å². The van der Waals surface area contributed by atoms with Crippen LogP contribution in [-0.4, -0.2) is 36.5 Å². The number of esters is 1. The van der Waals surface area contributed by atoms with Gasteiger partial charge in [0.15, 0.2) is 0 Å². The first-order valence-corrected chi connectivity index (χ1v) is 9.03. The second-order valence-corrected chi connectivity index (χ2v) is 6.31. The van der Waals surface area contributed by atoms with Crippen molar-refractivity contribution in [1.82, 2.24) is 4.90 Å². The maximum Gasteiger partial charge on any atom is 0.338 e. The van der Waals surface area contributed by atoms with Crippen LogP contribution in [0.3, 0.4) is 0 Å². The van der Waals surface area contributed by atoms with Crippen molar-refractivity contribution in [2.45, 2.75) is 26.3 Å². The van der Waals surface area contributed by atoms with Crippen molar-refractivity contribution in [1.29, 1.82) is 0 Å². The van der Waals surface area contributed by atoms with Crippen molar-refractivity contribution in [3.63, 3.8) is 0 Å². The highest BCUT2D eigenvalue weighted by atomic mass is 16.5. The zero-order valence-electron chi connectivity index (χ0n) is 15.0. The Hall–Kier alpha value is -2.82. The SMILES string of the molecule is CCOC(=O)c1ccc(NCCC(=O)N2CCc3ccccc3C2)cc1. The Labute approximate surface area is 154 Å². The Morgan fingerprint density at radius 3 is 2.54 bits per heavy atom. The summed E-state index contributed by atoms with van der Waals surface area (Å²) in [4.78, 5) is 26.0. The molecule has 0 saturated heterocycles. The molecule has 26 heavy (non-hydrogen) atoms. The number of rotatable bonds is 6. The fourth-order valence-corrected chi connectivity index (χ4v) is 3.12. The largest absolute Gasteiger partial charge is 0.462 e. The quantitative estimate of drug-likeness (QED) is 0.811. The third-order valence-corrected chi connectivity index (χ3v) is 4.55. The van der Waals surface area contributed by atoms with E-state index in [1.54, 1.807) is 19.1 Å². The van der Waals surface area contributed by atoms with Gasteiger partial charge >= 0.3 is 5.97 Å². The van der Waals surface area contributed by atoms with Gasteiger partial charge in [-0.15, -0.1) is 0 Å². The molecule has 3 rings (SSSR count). The Morgan fingerprint density at radius 2 is 1.81 bits per heavy atom. The molecule has 0 bridgehead atoms. The highest BCUT2D eigenvalue weighted by Crippen LogP contribution is 2.19. The van der Waals surface area contributed by atoms with E-state index in [0.717, 1.165) is 18.7 Å². The van der Waals surface area contributed by atoms with E-state index in [-0.39, 0.29) is 11.9 Å². The molecular weight excluding hydrogens is 328 g/mol. The predicted octanol–water partition coefficient (Wildman–Crippen LogP) is 3.25. The van der Waals surface area contributed by atoms with Crippen LogP contribution in [0.5, 0.6) is 0 Å². The molecule has 0 aliphatic carbocycles. The Bertz CT molecular complexity index is 771. The fourth-order valence-electron chi connectivity index (χ4n) is 3.12. The molecule has 2 aromatic carbocycles. The highest BCUT2D eigenvalue weighted by molar-refractivity contribution is 5.89. The molecule has 1 N–H and O–H groups in total. The smallest absolute Gasteiger partial charge is 0.338 e. The lowest BCUT2D eigenvalue weighted by molar-refractivity contribution is -0.131. The van der Waals surface area contributed by atoms with Crippen LogP contribution in [0.15, 0.2) is 48.5 Å². The number of anilines is 1. The Morgan fingerprint density at radius 1 is 1.08 bits per heavy atom. The minimum absolute atomic E-state index is 0.162. The summed E-state index contributed by atoms with van der Waals surface area (Å²) in [5.74, 6) is -0.158. The number of hydrogen-bond acceptors (Lipinski definition) is 4. The van der Waals surface area contributed by atoms with Gasteiger partial charge in [-0.2, -0.15) is 0 Å². The number of nitrogens with zero attached hydrogens (tertiary/aromatic N) is 1. The van der Waals surface area contributed by atoms with Crippen molar-refractivity contribution in [3.05, 3.63) is 65.2 Å². The van der Waals surface area contributed by atoms with Gasteiger partial charge in [0.25, 0.3) is 0 Å². The summed E-state index contributed by atoms with van der Waals surface area (Å²) in [6.45, 7) is 4.19. The topological polar surface area (TPSA) is 58.6 Å². The number of ether oxygens (including phenoxy) is 1. The van der Waals surface area contributed by atoms with Crippen LogP contribution in [-0.2, 0) is 22.5 Å². The van der Waals surface area contributed by atoms with Gasteiger partial charge in [0, 0.05) is 31.7 Å². The van der Waals surface area contributed by atoms with E-state index >= 15 is 0 Å². The van der Waals surface area contributed by atoms with Gasteiger partial charge in [-0.05, 0) is 48.7 Å². The standard InChI is InChI=1S/C21H24N2O3/c1-2-26-21(25)17-7-9-19(10-8-17)22-13-11-20(24)23-14-12-16-5-3-4-6-18(16)15-23/h3-10,22H,2,11-15H2,1H3. The number of amides is 1. The first-order chi connectivity index (χ1) is 12.7. The molecule has 0 radical (unpaired) electrons. The number of hydrogen-bond donors (Lipinski definition) is 1. The van der Waals surface area contributed by atoms with E-state index in [9.17, 15) is 9.59 Å². The van der Waals surface area contributed by atoms with Crippen LogP contribution in [0.1, 0.15) is 34.8 Å². The van der Waals surface area contributed by atoms with Crippen LogP contribution >= 0.6 is 0 Å². The van der Waals surface area contributed by atoms with Gasteiger partial charge < -0.3 is 15.0 Å². The van der Waals surface area contributed by atoms with Crippen molar-refractivity contribution >= 4 is 17.6 Å². The second-order valence-electron chi connectivity index (χ2n) is 6.31. The molecular formula is C21H24N2O3. The van der Waals surface area contributed by atoms with Crippen LogP contribution in [0.25, 0.3) is 0 Å². The van der Waals surface area contributed by atoms with Crippen LogP contribution in [0, 0.1) is 0 Å². The molecule has 0 unspecified atom stereocenters. The number of carbonyl (C=O) groups excluding carboxylic acids is 2. The van der Waals surface area contributed by atoms with Crippen molar-refractivity contribution in [3.8, 4) is 0 Å². The lowest BCUT2D eigenvalue weighted by Gasteiger charge is -2.29. The lowest BCUT2D eigenvalue weighted by atomic mass is 10.00. The summed E-state index contributed by atoms with van der Waals surface area (Å²) in [5, 5.41) is 3.23. The number of carbonyl (C=O) groups is 2. The summed E-state index contributed by atoms with van der Waals surface area (Å²) >= 11 is 0. The lowest BCUT2D eigenvalue weighted by Crippen LogP contribution is -2.36.